The van der Waals surface area contributed by atoms with Crippen LogP contribution < -0.4 is 0 Å². The van der Waals surface area contributed by atoms with Crippen molar-refractivity contribution in [3.05, 3.63) is 29.8 Å². The van der Waals surface area contributed by atoms with E-state index in [1.54, 1.807) is 12.1 Å². The molecule has 118 valence electrons. The van der Waals surface area contributed by atoms with E-state index < -0.39 is 10.1 Å². The monoisotopic (exact) mass is 310 g/mol. The van der Waals surface area contributed by atoms with Gasteiger partial charge in [-0.1, -0.05) is 44.9 Å². The zero-order chi connectivity index (χ0) is 15.8. The second kappa shape index (κ2) is 5.73. The molecule has 3 fully saturated rings. The van der Waals surface area contributed by atoms with E-state index in [0.29, 0.717) is 5.41 Å². The molecule has 3 atom stereocenters. The smallest absolute Gasteiger partial charge is 0.282 e. The molecule has 3 unspecified atom stereocenters. The van der Waals surface area contributed by atoms with Crippen molar-refractivity contribution in [3.8, 4) is 0 Å². The van der Waals surface area contributed by atoms with Gasteiger partial charge in [0.05, 0.1) is 4.90 Å². The number of rotatable bonds is 1. The molecule has 0 amide bonds. The first-order chi connectivity index (χ1) is 9.62. The average Bonchev–Trinajstić information content (AvgIpc) is 2.38. The summed E-state index contributed by atoms with van der Waals surface area (Å²) < 4.78 is 29.6. The van der Waals surface area contributed by atoms with Crippen LogP contribution in [-0.4, -0.2) is 13.0 Å². The van der Waals surface area contributed by atoms with E-state index in [1.165, 1.54) is 31.4 Å². The van der Waals surface area contributed by atoms with Crippen LogP contribution in [0.4, 0.5) is 0 Å². The third kappa shape index (κ3) is 3.49. The highest BCUT2D eigenvalue weighted by Crippen LogP contribution is 2.61. The molecule has 3 aliphatic rings. The highest BCUT2D eigenvalue weighted by atomic mass is 32.2. The van der Waals surface area contributed by atoms with Crippen LogP contribution in [0.25, 0.3) is 0 Å². The van der Waals surface area contributed by atoms with Gasteiger partial charge in [0.15, 0.2) is 0 Å². The van der Waals surface area contributed by atoms with Gasteiger partial charge in [-0.3, -0.25) is 4.55 Å². The Kier molecular flexibility index (Phi) is 4.50. The summed E-state index contributed by atoms with van der Waals surface area (Å²) in [5.41, 5.74) is 1.66. The summed E-state index contributed by atoms with van der Waals surface area (Å²) in [5, 5.41) is 0. The molecule has 0 aliphatic heterocycles. The minimum Gasteiger partial charge on any atom is -0.282 e. The molecule has 21 heavy (non-hydrogen) atoms. The van der Waals surface area contributed by atoms with E-state index in [4.69, 9.17) is 4.55 Å². The fraction of sp³-hybridized carbons (Fsp3) is 0.647. The van der Waals surface area contributed by atoms with Gasteiger partial charge >= 0.3 is 0 Å². The van der Waals surface area contributed by atoms with Gasteiger partial charge in [0.2, 0.25) is 0 Å². The van der Waals surface area contributed by atoms with Gasteiger partial charge < -0.3 is 0 Å². The molecule has 3 saturated carbocycles. The van der Waals surface area contributed by atoms with Crippen molar-refractivity contribution in [2.75, 3.05) is 0 Å². The van der Waals surface area contributed by atoms with Gasteiger partial charge in [0.1, 0.15) is 0 Å². The molecular weight excluding hydrogens is 284 g/mol. The van der Waals surface area contributed by atoms with Crippen molar-refractivity contribution in [1.82, 2.24) is 0 Å². The Morgan fingerprint density at radius 1 is 1.14 bits per heavy atom. The standard InChI is InChI=1S/C10H18.C7H8O3S/c1-7-4-5-8-6-9(7)10(8,2)3;1-6-2-4-7(5-3-6)11(8,9)10/h7-9H,4-6H2,1-3H3;2-5H,1H3,(H,8,9,10). The first kappa shape index (κ1) is 16.5. The summed E-state index contributed by atoms with van der Waals surface area (Å²) in [5.74, 6) is 3.15. The number of fused-ring (bicyclic) bond motifs is 2. The summed E-state index contributed by atoms with van der Waals surface area (Å²) >= 11 is 0. The van der Waals surface area contributed by atoms with Crippen LogP contribution in [0.2, 0.25) is 0 Å². The minimum absolute atomic E-state index is 0.0666. The Bertz CT molecular complexity index is 585. The molecule has 1 aromatic carbocycles. The van der Waals surface area contributed by atoms with Crippen LogP contribution in [0, 0.1) is 30.1 Å². The molecule has 0 spiro atoms. The van der Waals surface area contributed by atoms with Crippen molar-refractivity contribution in [2.45, 2.75) is 51.9 Å². The van der Waals surface area contributed by atoms with E-state index >= 15 is 0 Å². The summed E-state index contributed by atoms with van der Waals surface area (Å²) in [6, 6.07) is 5.99. The Morgan fingerprint density at radius 3 is 2.05 bits per heavy atom. The Balaban J connectivity index is 0.000000154. The Morgan fingerprint density at radius 2 is 1.71 bits per heavy atom. The highest BCUT2D eigenvalue weighted by molar-refractivity contribution is 7.85. The highest BCUT2D eigenvalue weighted by Gasteiger charge is 2.52. The molecule has 3 nitrogen and oxygen atoms in total. The summed E-state index contributed by atoms with van der Waals surface area (Å²) in [7, 11) is -4.02. The maximum Gasteiger partial charge on any atom is 0.294 e. The third-order valence-corrected chi connectivity index (χ3v) is 6.39. The van der Waals surface area contributed by atoms with Crippen LogP contribution in [0.5, 0.6) is 0 Å². The first-order valence-corrected chi connectivity index (χ1v) is 9.10. The Labute approximate surface area is 128 Å². The summed E-state index contributed by atoms with van der Waals surface area (Å²) in [6.07, 6.45) is 4.54. The summed E-state index contributed by atoms with van der Waals surface area (Å²) in [4.78, 5) is -0.0666. The predicted molar refractivity (Wildman–Crippen MR) is 84.8 cm³/mol. The van der Waals surface area contributed by atoms with E-state index in [1.807, 2.05) is 6.92 Å². The third-order valence-electron chi connectivity index (χ3n) is 5.52. The molecule has 1 aromatic rings. The van der Waals surface area contributed by atoms with Gasteiger partial charge in [0.25, 0.3) is 10.1 Å². The molecule has 0 heterocycles. The van der Waals surface area contributed by atoms with Crippen molar-refractivity contribution < 1.29 is 13.0 Å². The first-order valence-electron chi connectivity index (χ1n) is 7.66. The van der Waals surface area contributed by atoms with Gasteiger partial charge in [-0.05, 0) is 55.1 Å². The van der Waals surface area contributed by atoms with Gasteiger partial charge in [-0.25, -0.2) is 0 Å². The largest absolute Gasteiger partial charge is 0.294 e. The number of hydrogen-bond donors (Lipinski definition) is 1. The molecule has 3 aliphatic carbocycles. The molecule has 1 N–H and O–H groups in total. The number of aryl methyl sites for hydroxylation is 1. The van der Waals surface area contributed by atoms with Crippen LogP contribution >= 0.6 is 0 Å². The molecule has 4 heteroatoms. The fourth-order valence-corrected chi connectivity index (χ4v) is 4.37. The van der Waals surface area contributed by atoms with E-state index in [2.05, 4.69) is 20.8 Å². The number of benzene rings is 1. The zero-order valence-electron chi connectivity index (χ0n) is 13.3. The van der Waals surface area contributed by atoms with Crippen LogP contribution in [0.15, 0.2) is 29.2 Å². The van der Waals surface area contributed by atoms with Gasteiger partial charge in [0, 0.05) is 0 Å². The normalized spacial score (nSPS) is 29.9. The quantitative estimate of drug-likeness (QED) is 0.786. The van der Waals surface area contributed by atoms with Crippen LogP contribution in [0.1, 0.15) is 45.6 Å². The van der Waals surface area contributed by atoms with Gasteiger partial charge in [-0.15, -0.1) is 0 Å². The second-order valence-corrected chi connectivity index (χ2v) is 8.62. The lowest BCUT2D eigenvalue weighted by molar-refractivity contribution is -0.0988. The topological polar surface area (TPSA) is 54.4 Å². The molecule has 0 saturated heterocycles. The lowest BCUT2D eigenvalue weighted by Gasteiger charge is -2.59. The Hall–Kier alpha value is -0.870. The predicted octanol–water partition coefficient (Wildman–Crippen LogP) is 4.32. The minimum atomic E-state index is -4.02. The van der Waals surface area contributed by atoms with Crippen molar-refractivity contribution in [1.29, 1.82) is 0 Å². The fourth-order valence-electron chi connectivity index (χ4n) is 3.89. The summed E-state index contributed by atoms with van der Waals surface area (Å²) in [6.45, 7) is 9.19. The lowest BCUT2D eigenvalue weighted by atomic mass is 9.46. The zero-order valence-corrected chi connectivity index (χ0v) is 14.2. The molecule has 0 radical (unpaired) electrons. The van der Waals surface area contributed by atoms with Gasteiger partial charge in [-0.2, -0.15) is 8.42 Å². The number of hydrogen-bond acceptors (Lipinski definition) is 2. The van der Waals surface area contributed by atoms with E-state index in [-0.39, 0.29) is 4.90 Å². The van der Waals surface area contributed by atoms with Crippen LogP contribution in [-0.2, 0) is 10.1 Å². The molecule has 4 rings (SSSR count). The van der Waals surface area contributed by atoms with E-state index in [9.17, 15) is 8.42 Å². The molecule has 0 aromatic heterocycles. The van der Waals surface area contributed by atoms with Crippen molar-refractivity contribution in [3.63, 3.8) is 0 Å². The maximum atomic E-state index is 10.5. The maximum absolute atomic E-state index is 10.5. The average molecular weight is 310 g/mol. The SMILES string of the molecule is CC1CCC2CC1C2(C)C.Cc1ccc(S(=O)(=O)O)cc1. The lowest BCUT2D eigenvalue weighted by Crippen LogP contribution is -2.51. The van der Waals surface area contributed by atoms with Crippen LogP contribution in [0.3, 0.4) is 0 Å². The van der Waals surface area contributed by atoms with E-state index in [0.717, 1.165) is 23.3 Å². The molecule has 2 bridgehead atoms. The van der Waals surface area contributed by atoms with Crippen molar-refractivity contribution >= 4 is 10.1 Å². The second-order valence-electron chi connectivity index (χ2n) is 7.20. The molecular formula is C17H26O3S. The van der Waals surface area contributed by atoms with Crippen molar-refractivity contribution in [2.24, 2.45) is 23.2 Å².